The molecule has 0 saturated carbocycles. The van der Waals surface area contributed by atoms with Gasteiger partial charge in [0.15, 0.2) is 0 Å². The summed E-state index contributed by atoms with van der Waals surface area (Å²) in [6.07, 6.45) is 2.72. The Balaban J connectivity index is 2.67. The van der Waals surface area contributed by atoms with E-state index in [9.17, 15) is 5.11 Å². The van der Waals surface area contributed by atoms with Gasteiger partial charge < -0.3 is 14.9 Å². The van der Waals surface area contributed by atoms with E-state index < -0.39 is 6.10 Å². The molecule has 0 aromatic heterocycles. The summed E-state index contributed by atoms with van der Waals surface area (Å²) in [6.45, 7) is 4.78. The zero-order valence-corrected chi connectivity index (χ0v) is 11.4. The Bertz CT molecular complexity index is 350. The van der Waals surface area contributed by atoms with E-state index >= 15 is 0 Å². The van der Waals surface area contributed by atoms with Gasteiger partial charge in [-0.2, -0.15) is 0 Å². The van der Waals surface area contributed by atoms with E-state index in [0.717, 1.165) is 31.6 Å². The minimum absolute atomic E-state index is 0.168. The van der Waals surface area contributed by atoms with Crippen molar-refractivity contribution in [1.82, 2.24) is 0 Å². The first-order valence-corrected chi connectivity index (χ1v) is 6.74. The highest BCUT2D eigenvalue weighted by molar-refractivity contribution is 5.36. The molecule has 1 rings (SSSR count). The summed E-state index contributed by atoms with van der Waals surface area (Å²) in [4.78, 5) is 0. The molecule has 0 bridgehead atoms. The van der Waals surface area contributed by atoms with Crippen molar-refractivity contribution in [2.75, 3.05) is 13.2 Å². The fraction of sp³-hybridized carbons (Fsp3) is 0.600. The lowest BCUT2D eigenvalue weighted by molar-refractivity contribution is 0.0885. The summed E-state index contributed by atoms with van der Waals surface area (Å²) in [7, 11) is 0. The predicted octanol–water partition coefficient (Wildman–Crippen LogP) is 2.32. The topological polar surface area (TPSA) is 49.7 Å². The van der Waals surface area contributed by atoms with Crippen molar-refractivity contribution in [3.63, 3.8) is 0 Å². The van der Waals surface area contributed by atoms with Gasteiger partial charge in [0.1, 0.15) is 5.75 Å². The number of hydrogen-bond donors (Lipinski definition) is 2. The Labute approximate surface area is 109 Å². The Hall–Kier alpha value is -1.06. The van der Waals surface area contributed by atoms with Crippen LogP contribution in [-0.2, 0) is 12.8 Å². The number of aliphatic hydroxyl groups excluding tert-OH is 2. The second-order valence-corrected chi connectivity index (χ2v) is 4.51. The fourth-order valence-corrected chi connectivity index (χ4v) is 1.90. The molecular formula is C15H24O3. The van der Waals surface area contributed by atoms with Crippen LogP contribution in [0.4, 0.5) is 0 Å². The van der Waals surface area contributed by atoms with Crippen LogP contribution in [0.1, 0.15) is 37.8 Å². The molecule has 3 nitrogen and oxygen atoms in total. The molecule has 0 saturated heterocycles. The molecule has 0 radical (unpaired) electrons. The minimum atomic E-state index is -0.620. The molecule has 0 spiro atoms. The van der Waals surface area contributed by atoms with E-state index in [1.54, 1.807) is 0 Å². The van der Waals surface area contributed by atoms with Gasteiger partial charge in [-0.1, -0.05) is 19.9 Å². The van der Waals surface area contributed by atoms with Crippen LogP contribution in [0, 0.1) is 0 Å². The van der Waals surface area contributed by atoms with Crippen LogP contribution < -0.4 is 4.74 Å². The lowest BCUT2D eigenvalue weighted by Gasteiger charge is -2.12. The average Bonchev–Trinajstić information content (AvgIpc) is 2.42. The van der Waals surface area contributed by atoms with Crippen molar-refractivity contribution >= 4 is 0 Å². The van der Waals surface area contributed by atoms with Gasteiger partial charge in [0.05, 0.1) is 19.3 Å². The number of aliphatic hydroxyl groups is 2. The molecular weight excluding hydrogens is 228 g/mol. The summed E-state index contributed by atoms with van der Waals surface area (Å²) in [5.74, 6) is 0.917. The Kier molecular flexibility index (Phi) is 6.76. The molecule has 18 heavy (non-hydrogen) atoms. The summed E-state index contributed by atoms with van der Waals surface area (Å²) in [5, 5.41) is 18.2. The molecule has 0 amide bonds. The summed E-state index contributed by atoms with van der Waals surface area (Å²) in [5.41, 5.74) is 2.49. The van der Waals surface area contributed by atoms with Gasteiger partial charge >= 0.3 is 0 Å². The zero-order valence-electron chi connectivity index (χ0n) is 11.4. The van der Waals surface area contributed by atoms with Gasteiger partial charge in [-0.3, -0.25) is 0 Å². The fourth-order valence-electron chi connectivity index (χ4n) is 1.90. The first-order chi connectivity index (χ1) is 8.71. The van der Waals surface area contributed by atoms with Crippen molar-refractivity contribution in [2.24, 2.45) is 0 Å². The van der Waals surface area contributed by atoms with Crippen molar-refractivity contribution in [1.29, 1.82) is 0 Å². The standard InChI is InChI=1S/C15H24O3/c1-3-9-18-15-8-6-13(12(4-2)10-15)5-7-14(17)11-16/h6,8,10,14,16-17H,3-5,7,9,11H2,1-2H3. The summed E-state index contributed by atoms with van der Waals surface area (Å²) < 4.78 is 5.61. The molecule has 3 heteroatoms. The number of benzene rings is 1. The molecule has 1 atom stereocenters. The Morgan fingerprint density at radius 2 is 2.00 bits per heavy atom. The van der Waals surface area contributed by atoms with Gasteiger partial charge in [-0.25, -0.2) is 0 Å². The molecule has 1 aromatic carbocycles. The normalized spacial score (nSPS) is 12.4. The van der Waals surface area contributed by atoms with E-state index in [-0.39, 0.29) is 6.61 Å². The Morgan fingerprint density at radius 3 is 2.61 bits per heavy atom. The maximum absolute atomic E-state index is 9.38. The lowest BCUT2D eigenvalue weighted by Crippen LogP contribution is -2.13. The van der Waals surface area contributed by atoms with Crippen LogP contribution >= 0.6 is 0 Å². The maximum atomic E-state index is 9.38. The van der Waals surface area contributed by atoms with Crippen LogP contribution in [0.3, 0.4) is 0 Å². The van der Waals surface area contributed by atoms with Gasteiger partial charge in [0.2, 0.25) is 0 Å². The van der Waals surface area contributed by atoms with Crippen LogP contribution in [0.5, 0.6) is 5.75 Å². The zero-order chi connectivity index (χ0) is 13.4. The highest BCUT2D eigenvalue weighted by Crippen LogP contribution is 2.20. The first-order valence-electron chi connectivity index (χ1n) is 6.74. The molecule has 0 heterocycles. The predicted molar refractivity (Wildman–Crippen MR) is 73.0 cm³/mol. The number of rotatable bonds is 8. The van der Waals surface area contributed by atoms with Crippen LogP contribution in [0.25, 0.3) is 0 Å². The van der Waals surface area contributed by atoms with Crippen LogP contribution in [0.2, 0.25) is 0 Å². The monoisotopic (exact) mass is 252 g/mol. The van der Waals surface area contributed by atoms with Gasteiger partial charge in [-0.05, 0) is 48.9 Å². The summed E-state index contributed by atoms with van der Waals surface area (Å²) in [6, 6.07) is 6.12. The molecule has 0 aliphatic heterocycles. The van der Waals surface area contributed by atoms with Crippen molar-refractivity contribution in [3.05, 3.63) is 29.3 Å². The lowest BCUT2D eigenvalue weighted by atomic mass is 9.99. The quantitative estimate of drug-likeness (QED) is 0.746. The second-order valence-electron chi connectivity index (χ2n) is 4.51. The highest BCUT2D eigenvalue weighted by Gasteiger charge is 2.07. The van der Waals surface area contributed by atoms with Crippen molar-refractivity contribution in [3.8, 4) is 5.75 Å². The SMILES string of the molecule is CCCOc1ccc(CCC(O)CO)c(CC)c1. The van der Waals surface area contributed by atoms with Crippen molar-refractivity contribution < 1.29 is 14.9 Å². The molecule has 0 fully saturated rings. The van der Waals surface area contributed by atoms with E-state index in [0.29, 0.717) is 6.42 Å². The van der Waals surface area contributed by atoms with Crippen LogP contribution in [0.15, 0.2) is 18.2 Å². The summed E-state index contributed by atoms with van der Waals surface area (Å²) >= 11 is 0. The number of ether oxygens (including phenoxy) is 1. The Morgan fingerprint density at radius 1 is 1.22 bits per heavy atom. The van der Waals surface area contributed by atoms with Crippen LogP contribution in [-0.4, -0.2) is 29.5 Å². The molecule has 1 aromatic rings. The maximum Gasteiger partial charge on any atom is 0.119 e. The highest BCUT2D eigenvalue weighted by atomic mass is 16.5. The average molecular weight is 252 g/mol. The molecule has 0 aliphatic rings. The van der Waals surface area contributed by atoms with Gasteiger partial charge in [0.25, 0.3) is 0 Å². The third-order valence-electron chi connectivity index (χ3n) is 2.99. The molecule has 0 aliphatic carbocycles. The van der Waals surface area contributed by atoms with Gasteiger partial charge in [0, 0.05) is 0 Å². The van der Waals surface area contributed by atoms with E-state index in [1.807, 2.05) is 6.07 Å². The second kappa shape index (κ2) is 8.11. The number of aryl methyl sites for hydroxylation is 2. The minimum Gasteiger partial charge on any atom is -0.494 e. The van der Waals surface area contributed by atoms with E-state index in [1.165, 1.54) is 11.1 Å². The molecule has 102 valence electrons. The van der Waals surface area contributed by atoms with Gasteiger partial charge in [-0.15, -0.1) is 0 Å². The van der Waals surface area contributed by atoms with Crippen molar-refractivity contribution in [2.45, 2.75) is 45.6 Å². The largest absolute Gasteiger partial charge is 0.494 e. The number of hydrogen-bond acceptors (Lipinski definition) is 3. The third kappa shape index (κ3) is 4.67. The molecule has 2 N–H and O–H groups in total. The van der Waals surface area contributed by atoms with E-state index in [4.69, 9.17) is 9.84 Å². The van der Waals surface area contributed by atoms with E-state index in [2.05, 4.69) is 26.0 Å². The third-order valence-corrected chi connectivity index (χ3v) is 2.99. The first kappa shape index (κ1) is 15.0. The smallest absolute Gasteiger partial charge is 0.119 e. The molecule has 1 unspecified atom stereocenters.